The average Bonchev–Trinajstić information content (AvgIpc) is 3.02. The standard InChI is InChI=1S/C18H16N4O3/c1-22-14-8-7-12-13(9-15(23)19-16(12)17(14)20-21-22)10-3-5-11(6-4-10)18(24)25-2/h3-8,13H,9H2,1-2H3,(H,19,23). The molecule has 0 saturated heterocycles. The highest BCUT2D eigenvalue weighted by Gasteiger charge is 2.29. The molecule has 2 aromatic carbocycles. The van der Waals surface area contributed by atoms with Gasteiger partial charge in [0, 0.05) is 19.4 Å². The summed E-state index contributed by atoms with van der Waals surface area (Å²) in [4.78, 5) is 23.8. The topological polar surface area (TPSA) is 86.1 Å². The van der Waals surface area contributed by atoms with Crippen LogP contribution in [0.15, 0.2) is 36.4 Å². The van der Waals surface area contributed by atoms with E-state index < -0.39 is 0 Å². The summed E-state index contributed by atoms with van der Waals surface area (Å²) in [6, 6.07) is 11.1. The number of fused-ring (bicyclic) bond motifs is 3. The second kappa shape index (κ2) is 5.70. The Morgan fingerprint density at radius 1 is 1.24 bits per heavy atom. The molecule has 1 amide bonds. The van der Waals surface area contributed by atoms with E-state index in [4.69, 9.17) is 4.74 Å². The summed E-state index contributed by atoms with van der Waals surface area (Å²) in [5.41, 5.74) is 4.70. The molecule has 0 aliphatic carbocycles. The summed E-state index contributed by atoms with van der Waals surface area (Å²) < 4.78 is 6.40. The van der Waals surface area contributed by atoms with E-state index >= 15 is 0 Å². The van der Waals surface area contributed by atoms with Gasteiger partial charge in [-0.2, -0.15) is 0 Å². The maximum absolute atomic E-state index is 12.2. The summed E-state index contributed by atoms with van der Waals surface area (Å²) in [5, 5.41) is 11.1. The van der Waals surface area contributed by atoms with E-state index in [1.807, 2.05) is 31.3 Å². The minimum absolute atomic E-state index is 0.0623. The van der Waals surface area contributed by atoms with Crippen LogP contribution in [0.25, 0.3) is 11.0 Å². The number of benzene rings is 2. The first-order valence-electron chi connectivity index (χ1n) is 7.89. The number of amides is 1. The molecular formula is C18H16N4O3. The number of carbonyl (C=O) groups is 2. The molecule has 126 valence electrons. The highest BCUT2D eigenvalue weighted by Crippen LogP contribution is 2.40. The molecule has 25 heavy (non-hydrogen) atoms. The first kappa shape index (κ1) is 15.3. The summed E-state index contributed by atoms with van der Waals surface area (Å²) in [7, 11) is 3.17. The van der Waals surface area contributed by atoms with Gasteiger partial charge in [0.05, 0.1) is 23.9 Å². The predicted octanol–water partition coefficient (Wildman–Crippen LogP) is 2.23. The second-order valence-corrected chi connectivity index (χ2v) is 6.03. The largest absolute Gasteiger partial charge is 0.465 e. The van der Waals surface area contributed by atoms with E-state index in [1.165, 1.54) is 7.11 Å². The van der Waals surface area contributed by atoms with Gasteiger partial charge in [-0.3, -0.25) is 4.79 Å². The van der Waals surface area contributed by atoms with Crippen LogP contribution in [-0.2, 0) is 16.6 Å². The number of anilines is 1. The molecule has 2 heterocycles. The Kier molecular flexibility index (Phi) is 3.49. The SMILES string of the molecule is COC(=O)c1ccc(C2CC(=O)Nc3c2ccc2c3nnn2C)cc1. The molecule has 0 radical (unpaired) electrons. The molecule has 4 rings (SSSR count). The molecule has 0 spiro atoms. The number of ether oxygens (including phenoxy) is 1. The number of nitrogens with zero attached hydrogens (tertiary/aromatic N) is 3. The Balaban J connectivity index is 1.81. The van der Waals surface area contributed by atoms with Crippen LogP contribution in [-0.4, -0.2) is 34.0 Å². The maximum Gasteiger partial charge on any atom is 0.337 e. The highest BCUT2D eigenvalue weighted by atomic mass is 16.5. The van der Waals surface area contributed by atoms with Crippen LogP contribution in [0.4, 0.5) is 5.69 Å². The smallest absolute Gasteiger partial charge is 0.337 e. The van der Waals surface area contributed by atoms with Crippen LogP contribution in [0.5, 0.6) is 0 Å². The quantitative estimate of drug-likeness (QED) is 0.725. The Morgan fingerprint density at radius 3 is 2.72 bits per heavy atom. The minimum atomic E-state index is -0.380. The Labute approximate surface area is 143 Å². The van der Waals surface area contributed by atoms with Crippen LogP contribution in [0.2, 0.25) is 0 Å². The molecule has 0 fully saturated rings. The Hall–Kier alpha value is -3.22. The van der Waals surface area contributed by atoms with Crippen molar-refractivity contribution in [2.45, 2.75) is 12.3 Å². The molecule has 1 atom stereocenters. The lowest BCUT2D eigenvalue weighted by Gasteiger charge is -2.26. The molecule has 1 aliphatic heterocycles. The summed E-state index contributed by atoms with van der Waals surface area (Å²) >= 11 is 0. The minimum Gasteiger partial charge on any atom is -0.465 e. The lowest BCUT2D eigenvalue weighted by atomic mass is 9.84. The van der Waals surface area contributed by atoms with E-state index in [0.29, 0.717) is 23.2 Å². The van der Waals surface area contributed by atoms with E-state index in [2.05, 4.69) is 15.6 Å². The molecular weight excluding hydrogens is 320 g/mol. The highest BCUT2D eigenvalue weighted by molar-refractivity contribution is 6.03. The molecule has 1 aliphatic rings. The third kappa shape index (κ3) is 2.44. The lowest BCUT2D eigenvalue weighted by molar-refractivity contribution is -0.116. The molecule has 1 N–H and O–H groups in total. The number of hydrogen-bond donors (Lipinski definition) is 1. The van der Waals surface area contributed by atoms with Crippen molar-refractivity contribution in [1.29, 1.82) is 0 Å². The van der Waals surface area contributed by atoms with Gasteiger partial charge in [-0.15, -0.1) is 5.10 Å². The van der Waals surface area contributed by atoms with Gasteiger partial charge >= 0.3 is 5.97 Å². The van der Waals surface area contributed by atoms with Crippen molar-refractivity contribution in [2.24, 2.45) is 7.05 Å². The van der Waals surface area contributed by atoms with Gasteiger partial charge in [0.2, 0.25) is 5.91 Å². The lowest BCUT2D eigenvalue weighted by Crippen LogP contribution is -2.23. The van der Waals surface area contributed by atoms with Gasteiger partial charge in [0.1, 0.15) is 5.52 Å². The van der Waals surface area contributed by atoms with E-state index in [0.717, 1.165) is 16.6 Å². The normalized spacial score (nSPS) is 16.4. The summed E-state index contributed by atoms with van der Waals surface area (Å²) in [6.45, 7) is 0. The van der Waals surface area contributed by atoms with Crippen molar-refractivity contribution >= 4 is 28.6 Å². The molecule has 0 saturated carbocycles. The van der Waals surface area contributed by atoms with Crippen molar-refractivity contribution in [1.82, 2.24) is 15.0 Å². The fourth-order valence-electron chi connectivity index (χ4n) is 3.29. The number of aryl methyl sites for hydroxylation is 1. The van der Waals surface area contributed by atoms with Gasteiger partial charge in [-0.05, 0) is 29.3 Å². The van der Waals surface area contributed by atoms with Crippen molar-refractivity contribution in [3.05, 3.63) is 53.1 Å². The zero-order chi connectivity index (χ0) is 17.6. The van der Waals surface area contributed by atoms with Gasteiger partial charge in [0.25, 0.3) is 0 Å². The van der Waals surface area contributed by atoms with Crippen molar-refractivity contribution in [2.75, 3.05) is 12.4 Å². The van der Waals surface area contributed by atoms with Crippen LogP contribution >= 0.6 is 0 Å². The second-order valence-electron chi connectivity index (χ2n) is 6.03. The Bertz CT molecular complexity index is 991. The predicted molar refractivity (Wildman–Crippen MR) is 91.4 cm³/mol. The van der Waals surface area contributed by atoms with Crippen molar-refractivity contribution in [3.8, 4) is 0 Å². The number of esters is 1. The van der Waals surface area contributed by atoms with Crippen LogP contribution in [0.3, 0.4) is 0 Å². The molecule has 0 bridgehead atoms. The average molecular weight is 336 g/mol. The zero-order valence-corrected chi connectivity index (χ0v) is 13.8. The molecule has 1 aromatic heterocycles. The van der Waals surface area contributed by atoms with Gasteiger partial charge in [-0.25, -0.2) is 9.48 Å². The zero-order valence-electron chi connectivity index (χ0n) is 13.8. The fraction of sp³-hybridized carbons (Fsp3) is 0.222. The van der Waals surface area contributed by atoms with E-state index in [1.54, 1.807) is 16.8 Å². The molecule has 3 aromatic rings. The number of aromatic nitrogens is 3. The van der Waals surface area contributed by atoms with Crippen molar-refractivity contribution in [3.63, 3.8) is 0 Å². The number of methoxy groups -OCH3 is 1. The van der Waals surface area contributed by atoms with Crippen LogP contribution in [0.1, 0.15) is 33.8 Å². The summed E-state index contributed by atoms with van der Waals surface area (Å²) in [5.74, 6) is -0.538. The third-order valence-corrected chi connectivity index (χ3v) is 4.58. The van der Waals surface area contributed by atoms with Crippen molar-refractivity contribution < 1.29 is 14.3 Å². The number of nitrogens with one attached hydrogen (secondary N) is 1. The Morgan fingerprint density at radius 2 is 2.00 bits per heavy atom. The number of carbonyl (C=O) groups excluding carboxylic acids is 2. The monoisotopic (exact) mass is 336 g/mol. The molecule has 1 unspecified atom stereocenters. The fourth-order valence-corrected chi connectivity index (χ4v) is 3.29. The van der Waals surface area contributed by atoms with Gasteiger partial charge < -0.3 is 10.1 Å². The number of rotatable bonds is 2. The van der Waals surface area contributed by atoms with E-state index in [-0.39, 0.29) is 17.8 Å². The van der Waals surface area contributed by atoms with Gasteiger partial charge in [-0.1, -0.05) is 23.4 Å². The maximum atomic E-state index is 12.2. The first-order chi connectivity index (χ1) is 12.1. The first-order valence-corrected chi connectivity index (χ1v) is 7.89. The van der Waals surface area contributed by atoms with Crippen LogP contribution < -0.4 is 5.32 Å². The van der Waals surface area contributed by atoms with Gasteiger partial charge in [0.15, 0.2) is 0 Å². The summed E-state index contributed by atoms with van der Waals surface area (Å²) in [6.07, 6.45) is 0.344. The number of hydrogen-bond acceptors (Lipinski definition) is 5. The molecule has 7 nitrogen and oxygen atoms in total. The molecule has 7 heteroatoms. The van der Waals surface area contributed by atoms with Crippen LogP contribution in [0, 0.1) is 0 Å². The third-order valence-electron chi connectivity index (χ3n) is 4.58. The van der Waals surface area contributed by atoms with E-state index in [9.17, 15) is 9.59 Å².